The summed E-state index contributed by atoms with van der Waals surface area (Å²) in [4.78, 5) is 24.9. The molecule has 11 heteroatoms. The van der Waals surface area contributed by atoms with Gasteiger partial charge in [-0.2, -0.15) is 0 Å². The van der Waals surface area contributed by atoms with Crippen molar-refractivity contribution in [3.8, 4) is 0 Å². The average molecular weight is 567 g/mol. The molecule has 2 aromatic heterocycles. The number of carbonyl (C=O) groups excluding carboxylic acids is 2. The van der Waals surface area contributed by atoms with Crippen LogP contribution < -0.4 is 10.6 Å². The van der Waals surface area contributed by atoms with Gasteiger partial charge < -0.3 is 10.6 Å². The van der Waals surface area contributed by atoms with Gasteiger partial charge in [-0.1, -0.05) is 82.7 Å². The van der Waals surface area contributed by atoms with Gasteiger partial charge in [0.25, 0.3) is 0 Å². The fraction of sp³-hybridized carbons (Fsp3) is 0.333. The van der Waals surface area contributed by atoms with Crippen molar-refractivity contribution in [2.75, 3.05) is 10.6 Å². The van der Waals surface area contributed by atoms with Gasteiger partial charge in [0.15, 0.2) is 0 Å². The Hall–Kier alpha value is -3.21. The number of nitrogens with zero attached hydrogens (tertiary/aromatic N) is 4. The predicted octanol–water partition coefficient (Wildman–Crippen LogP) is 6.16. The van der Waals surface area contributed by atoms with E-state index in [4.69, 9.17) is 11.6 Å². The Morgan fingerprint density at radius 1 is 0.789 bits per heavy atom. The van der Waals surface area contributed by atoms with Crippen LogP contribution in [0.25, 0.3) is 0 Å². The standard InChI is InChI=1S/C27H27ClN6O2S2/c1-16-5-7-17(8-6-16)13-22(35)29-26-33-31-24(37-26)19-3-2-4-20(15-19)25-32-34-27(38-25)30-23(36)14-18-9-11-21(28)12-10-18/h5-12,19-20H,2-4,13-15H2,1H3,(H,29,33,35)(H,30,34,36)/t19-,20-/m0/s1. The molecular formula is C27H27ClN6O2S2. The Labute approximate surface area is 233 Å². The molecule has 8 nitrogen and oxygen atoms in total. The molecule has 0 saturated heterocycles. The molecule has 2 amide bonds. The van der Waals surface area contributed by atoms with Crippen LogP contribution in [0.3, 0.4) is 0 Å². The third-order valence-corrected chi connectivity index (χ3v) is 8.76. The van der Waals surface area contributed by atoms with E-state index < -0.39 is 0 Å². The Morgan fingerprint density at radius 3 is 1.76 bits per heavy atom. The Kier molecular flexibility index (Phi) is 8.41. The van der Waals surface area contributed by atoms with E-state index in [-0.39, 0.29) is 30.1 Å². The molecule has 2 atom stereocenters. The van der Waals surface area contributed by atoms with Crippen molar-refractivity contribution < 1.29 is 9.59 Å². The van der Waals surface area contributed by atoms with Crippen LogP contribution in [0.4, 0.5) is 10.3 Å². The summed E-state index contributed by atoms with van der Waals surface area (Å²) in [7, 11) is 0. The number of hydrogen-bond donors (Lipinski definition) is 2. The van der Waals surface area contributed by atoms with Crippen molar-refractivity contribution in [3.05, 3.63) is 80.3 Å². The van der Waals surface area contributed by atoms with Gasteiger partial charge in [0.1, 0.15) is 10.0 Å². The topological polar surface area (TPSA) is 110 Å². The zero-order valence-corrected chi connectivity index (χ0v) is 23.2. The van der Waals surface area contributed by atoms with Crippen molar-refractivity contribution in [3.63, 3.8) is 0 Å². The Balaban J connectivity index is 1.14. The normalized spacial score (nSPS) is 17.2. The molecule has 1 fully saturated rings. The number of halogens is 1. The highest BCUT2D eigenvalue weighted by molar-refractivity contribution is 7.15. The van der Waals surface area contributed by atoms with Crippen molar-refractivity contribution in [2.24, 2.45) is 0 Å². The minimum atomic E-state index is -0.137. The lowest BCUT2D eigenvalue weighted by Gasteiger charge is -2.25. The molecule has 0 radical (unpaired) electrons. The molecule has 0 spiro atoms. The quantitative estimate of drug-likeness (QED) is 0.264. The second-order valence-electron chi connectivity index (χ2n) is 9.51. The summed E-state index contributed by atoms with van der Waals surface area (Å²) in [5.41, 5.74) is 3.01. The van der Waals surface area contributed by atoms with Gasteiger partial charge in [-0.15, -0.1) is 20.4 Å². The van der Waals surface area contributed by atoms with Gasteiger partial charge >= 0.3 is 0 Å². The van der Waals surface area contributed by atoms with E-state index in [0.717, 1.165) is 52.4 Å². The molecule has 5 rings (SSSR count). The minimum absolute atomic E-state index is 0.0995. The lowest BCUT2D eigenvalue weighted by molar-refractivity contribution is -0.116. The van der Waals surface area contributed by atoms with Crippen LogP contribution in [0, 0.1) is 6.92 Å². The summed E-state index contributed by atoms with van der Waals surface area (Å²) in [6.07, 6.45) is 4.52. The third kappa shape index (κ3) is 7.00. The first kappa shape index (κ1) is 26.4. The van der Waals surface area contributed by atoms with Crippen LogP contribution in [0.15, 0.2) is 48.5 Å². The monoisotopic (exact) mass is 566 g/mol. The van der Waals surface area contributed by atoms with E-state index in [0.29, 0.717) is 21.7 Å². The lowest BCUT2D eigenvalue weighted by atomic mass is 9.82. The van der Waals surface area contributed by atoms with Crippen LogP contribution in [0.1, 0.15) is 64.2 Å². The minimum Gasteiger partial charge on any atom is -0.300 e. The van der Waals surface area contributed by atoms with E-state index in [1.807, 2.05) is 43.3 Å². The van der Waals surface area contributed by atoms with Gasteiger partial charge in [0, 0.05) is 16.9 Å². The number of carbonyl (C=O) groups is 2. The molecule has 2 heterocycles. The maximum atomic E-state index is 12.5. The smallest absolute Gasteiger partial charge is 0.230 e. The summed E-state index contributed by atoms with van der Waals surface area (Å²) in [5.74, 6) is 0.262. The number of amides is 2. The lowest BCUT2D eigenvalue weighted by Crippen LogP contribution is -2.14. The van der Waals surface area contributed by atoms with Crippen LogP contribution in [-0.2, 0) is 22.4 Å². The van der Waals surface area contributed by atoms with E-state index >= 15 is 0 Å². The zero-order valence-electron chi connectivity index (χ0n) is 20.8. The zero-order chi connectivity index (χ0) is 26.5. The molecule has 0 unspecified atom stereocenters. The van der Waals surface area contributed by atoms with E-state index in [2.05, 4.69) is 31.0 Å². The van der Waals surface area contributed by atoms with Crippen LogP contribution in [-0.4, -0.2) is 32.2 Å². The van der Waals surface area contributed by atoms with Crippen molar-refractivity contribution in [2.45, 2.75) is 57.3 Å². The fourth-order valence-electron chi connectivity index (χ4n) is 4.54. The SMILES string of the molecule is Cc1ccc(CC(=O)Nc2nnc([C@H]3CCC[C@H](c4nnc(NC(=O)Cc5ccc(Cl)cc5)s4)C3)s2)cc1. The summed E-state index contributed by atoms with van der Waals surface area (Å²) >= 11 is 8.79. The highest BCUT2D eigenvalue weighted by Gasteiger charge is 2.29. The van der Waals surface area contributed by atoms with E-state index in [1.54, 1.807) is 12.1 Å². The number of rotatable bonds is 8. The molecule has 1 aliphatic rings. The highest BCUT2D eigenvalue weighted by Crippen LogP contribution is 2.43. The van der Waals surface area contributed by atoms with Crippen molar-refractivity contribution >= 4 is 56.4 Å². The maximum absolute atomic E-state index is 12.5. The largest absolute Gasteiger partial charge is 0.300 e. The average Bonchev–Trinajstić information content (AvgIpc) is 3.57. The second kappa shape index (κ2) is 12.1. The van der Waals surface area contributed by atoms with Gasteiger partial charge in [-0.05, 0) is 49.4 Å². The second-order valence-corrected chi connectivity index (χ2v) is 12.0. The molecule has 2 aromatic carbocycles. The van der Waals surface area contributed by atoms with Crippen molar-refractivity contribution in [1.29, 1.82) is 0 Å². The molecule has 38 heavy (non-hydrogen) atoms. The van der Waals surface area contributed by atoms with Crippen molar-refractivity contribution in [1.82, 2.24) is 20.4 Å². The third-order valence-electron chi connectivity index (χ3n) is 6.51. The first-order valence-corrected chi connectivity index (χ1v) is 14.5. The molecule has 0 aliphatic heterocycles. The number of anilines is 2. The first-order valence-electron chi connectivity index (χ1n) is 12.5. The molecule has 1 aliphatic carbocycles. The van der Waals surface area contributed by atoms with Crippen LogP contribution in [0.2, 0.25) is 5.02 Å². The number of aromatic nitrogens is 4. The molecule has 2 N–H and O–H groups in total. The number of aryl methyl sites for hydroxylation is 1. The maximum Gasteiger partial charge on any atom is 0.230 e. The highest BCUT2D eigenvalue weighted by atomic mass is 35.5. The fourth-order valence-corrected chi connectivity index (χ4v) is 6.48. The molecular weight excluding hydrogens is 540 g/mol. The summed E-state index contributed by atoms with van der Waals surface area (Å²) in [6.45, 7) is 2.02. The Morgan fingerprint density at radius 2 is 1.26 bits per heavy atom. The predicted molar refractivity (Wildman–Crippen MR) is 151 cm³/mol. The number of nitrogens with one attached hydrogen (secondary N) is 2. The molecule has 196 valence electrons. The Bertz CT molecular complexity index is 1300. The van der Waals surface area contributed by atoms with E-state index in [1.165, 1.54) is 22.7 Å². The first-order chi connectivity index (χ1) is 18.4. The van der Waals surface area contributed by atoms with Gasteiger partial charge in [0.05, 0.1) is 12.8 Å². The van der Waals surface area contributed by atoms with E-state index in [9.17, 15) is 9.59 Å². The summed E-state index contributed by atoms with van der Waals surface area (Å²) in [6, 6.07) is 15.1. The molecule has 0 bridgehead atoms. The van der Waals surface area contributed by atoms with Crippen LogP contribution >= 0.6 is 34.3 Å². The molecule has 1 saturated carbocycles. The van der Waals surface area contributed by atoms with Crippen LogP contribution in [0.5, 0.6) is 0 Å². The number of hydrogen-bond acceptors (Lipinski definition) is 8. The summed E-state index contributed by atoms with van der Waals surface area (Å²) in [5, 5.41) is 26.5. The van der Waals surface area contributed by atoms with Gasteiger partial charge in [-0.3, -0.25) is 9.59 Å². The number of benzene rings is 2. The molecule has 4 aromatic rings. The van der Waals surface area contributed by atoms with Gasteiger partial charge in [-0.25, -0.2) is 0 Å². The van der Waals surface area contributed by atoms with Gasteiger partial charge in [0.2, 0.25) is 22.1 Å². The summed E-state index contributed by atoms with van der Waals surface area (Å²) < 4.78 is 0.